The predicted octanol–water partition coefficient (Wildman–Crippen LogP) is 0.393. The first-order valence-corrected chi connectivity index (χ1v) is 7.06. The van der Waals surface area contributed by atoms with Gasteiger partial charge in [-0.3, -0.25) is 9.80 Å². The zero-order valence-corrected chi connectivity index (χ0v) is 11.2. The Hall–Kier alpha value is -0.160. The summed E-state index contributed by atoms with van der Waals surface area (Å²) in [5, 5.41) is 3.49. The second kappa shape index (κ2) is 7.31. The maximum absolute atomic E-state index is 5.03. The summed E-state index contributed by atoms with van der Waals surface area (Å²) in [7, 11) is 1.76. The van der Waals surface area contributed by atoms with E-state index in [2.05, 4.69) is 15.1 Å². The van der Waals surface area contributed by atoms with Gasteiger partial charge in [-0.2, -0.15) is 0 Å². The number of hydrogen-bond donors (Lipinski definition) is 1. The van der Waals surface area contributed by atoms with Crippen LogP contribution in [0.15, 0.2) is 0 Å². The van der Waals surface area contributed by atoms with Crippen molar-refractivity contribution in [3.05, 3.63) is 0 Å². The first-order chi connectivity index (χ1) is 8.40. The molecule has 2 aliphatic rings. The van der Waals surface area contributed by atoms with Crippen molar-refractivity contribution in [3.8, 4) is 0 Å². The van der Waals surface area contributed by atoms with Gasteiger partial charge in [-0.15, -0.1) is 0 Å². The topological polar surface area (TPSA) is 27.7 Å². The summed E-state index contributed by atoms with van der Waals surface area (Å²) in [4.78, 5) is 5.29. The fourth-order valence-corrected chi connectivity index (χ4v) is 2.96. The number of nitrogens with zero attached hydrogens (tertiary/aromatic N) is 2. The molecular weight excluding hydrogens is 214 g/mol. The molecule has 4 nitrogen and oxygen atoms in total. The maximum atomic E-state index is 5.03. The van der Waals surface area contributed by atoms with Crippen LogP contribution >= 0.6 is 0 Å². The molecule has 0 aromatic heterocycles. The summed E-state index contributed by atoms with van der Waals surface area (Å²) < 4.78 is 5.03. The van der Waals surface area contributed by atoms with Gasteiger partial charge in [0.15, 0.2) is 0 Å². The molecule has 100 valence electrons. The Morgan fingerprint density at radius 2 is 2.18 bits per heavy atom. The molecule has 2 rings (SSSR count). The van der Waals surface area contributed by atoms with Gasteiger partial charge in [0.1, 0.15) is 0 Å². The Labute approximate surface area is 105 Å². The molecule has 2 saturated heterocycles. The first-order valence-electron chi connectivity index (χ1n) is 7.06. The molecule has 0 bridgehead atoms. The maximum Gasteiger partial charge on any atom is 0.0474 e. The molecule has 2 heterocycles. The van der Waals surface area contributed by atoms with Crippen LogP contribution in [0.3, 0.4) is 0 Å². The van der Waals surface area contributed by atoms with Crippen molar-refractivity contribution in [1.29, 1.82) is 0 Å². The monoisotopic (exact) mass is 241 g/mol. The molecule has 1 atom stereocenters. The number of piperazine rings is 1. The van der Waals surface area contributed by atoms with Crippen LogP contribution in [0.2, 0.25) is 0 Å². The lowest BCUT2D eigenvalue weighted by Crippen LogP contribution is -2.51. The smallest absolute Gasteiger partial charge is 0.0474 e. The molecule has 2 aliphatic heterocycles. The van der Waals surface area contributed by atoms with E-state index in [-0.39, 0.29) is 0 Å². The quantitative estimate of drug-likeness (QED) is 0.653. The lowest BCUT2D eigenvalue weighted by atomic mass is 10.1. The molecule has 2 fully saturated rings. The van der Waals surface area contributed by atoms with Crippen LogP contribution in [-0.2, 0) is 4.74 Å². The van der Waals surface area contributed by atoms with E-state index in [1.54, 1.807) is 7.11 Å². The predicted molar refractivity (Wildman–Crippen MR) is 70.4 cm³/mol. The van der Waals surface area contributed by atoms with E-state index >= 15 is 0 Å². The molecule has 4 heteroatoms. The lowest BCUT2D eigenvalue weighted by Gasteiger charge is -2.37. The molecule has 0 radical (unpaired) electrons. The Bertz CT molecular complexity index is 213. The van der Waals surface area contributed by atoms with Crippen molar-refractivity contribution < 1.29 is 4.74 Å². The van der Waals surface area contributed by atoms with Crippen LogP contribution in [0.4, 0.5) is 0 Å². The van der Waals surface area contributed by atoms with Gasteiger partial charge in [-0.25, -0.2) is 0 Å². The van der Waals surface area contributed by atoms with Gasteiger partial charge in [0, 0.05) is 52.5 Å². The average molecular weight is 241 g/mol. The minimum absolute atomic E-state index is 0.859. The summed E-state index contributed by atoms with van der Waals surface area (Å²) in [6.07, 6.45) is 3.94. The SMILES string of the molecule is COCCCNCCN1CCN2CCCC2C1. The number of hydrogen-bond acceptors (Lipinski definition) is 4. The van der Waals surface area contributed by atoms with Crippen LogP contribution in [0.5, 0.6) is 0 Å². The van der Waals surface area contributed by atoms with Gasteiger partial charge in [0.2, 0.25) is 0 Å². The highest BCUT2D eigenvalue weighted by molar-refractivity contribution is 4.86. The molecule has 0 aliphatic carbocycles. The third kappa shape index (κ3) is 4.21. The fraction of sp³-hybridized carbons (Fsp3) is 1.00. The molecule has 17 heavy (non-hydrogen) atoms. The van der Waals surface area contributed by atoms with E-state index < -0.39 is 0 Å². The van der Waals surface area contributed by atoms with Gasteiger partial charge in [0.05, 0.1) is 0 Å². The van der Waals surface area contributed by atoms with Crippen molar-refractivity contribution in [1.82, 2.24) is 15.1 Å². The summed E-state index contributed by atoms with van der Waals surface area (Å²) in [6, 6.07) is 0.859. The van der Waals surface area contributed by atoms with Gasteiger partial charge in [-0.1, -0.05) is 0 Å². The van der Waals surface area contributed by atoms with E-state index in [0.29, 0.717) is 0 Å². The van der Waals surface area contributed by atoms with Gasteiger partial charge >= 0.3 is 0 Å². The molecule has 1 N–H and O–H groups in total. The number of rotatable bonds is 7. The van der Waals surface area contributed by atoms with Crippen LogP contribution in [0, 0.1) is 0 Å². The lowest BCUT2D eigenvalue weighted by molar-refractivity contribution is 0.105. The third-order valence-corrected chi connectivity index (χ3v) is 3.98. The van der Waals surface area contributed by atoms with E-state index in [9.17, 15) is 0 Å². The fourth-order valence-electron chi connectivity index (χ4n) is 2.96. The Morgan fingerprint density at radius 3 is 3.06 bits per heavy atom. The van der Waals surface area contributed by atoms with Crippen LogP contribution in [-0.4, -0.2) is 75.4 Å². The Morgan fingerprint density at radius 1 is 1.24 bits per heavy atom. The molecule has 0 spiro atoms. The summed E-state index contributed by atoms with van der Waals surface area (Å²) >= 11 is 0. The van der Waals surface area contributed by atoms with Crippen LogP contribution in [0.1, 0.15) is 19.3 Å². The van der Waals surface area contributed by atoms with E-state index in [1.807, 2.05) is 0 Å². The Balaban J connectivity index is 1.51. The second-order valence-corrected chi connectivity index (χ2v) is 5.23. The second-order valence-electron chi connectivity index (χ2n) is 5.23. The van der Waals surface area contributed by atoms with Crippen LogP contribution in [0.25, 0.3) is 0 Å². The molecule has 0 aromatic rings. The number of methoxy groups -OCH3 is 1. The third-order valence-electron chi connectivity index (χ3n) is 3.98. The zero-order valence-electron chi connectivity index (χ0n) is 11.2. The highest BCUT2D eigenvalue weighted by atomic mass is 16.5. The normalized spacial score (nSPS) is 26.3. The molecule has 0 aromatic carbocycles. The van der Waals surface area contributed by atoms with E-state index in [0.717, 1.165) is 32.2 Å². The molecule has 0 amide bonds. The number of ether oxygens (including phenoxy) is 1. The largest absolute Gasteiger partial charge is 0.385 e. The summed E-state index contributed by atoms with van der Waals surface area (Å²) in [5.41, 5.74) is 0. The number of nitrogens with one attached hydrogen (secondary N) is 1. The minimum atomic E-state index is 0.859. The van der Waals surface area contributed by atoms with Crippen molar-refractivity contribution in [2.24, 2.45) is 0 Å². The van der Waals surface area contributed by atoms with Crippen molar-refractivity contribution in [3.63, 3.8) is 0 Å². The standard InChI is InChI=1S/C13H27N3O/c1-17-11-3-5-14-6-8-15-9-10-16-7-2-4-13(16)12-15/h13-14H,2-12H2,1H3. The average Bonchev–Trinajstić information content (AvgIpc) is 2.81. The van der Waals surface area contributed by atoms with Crippen LogP contribution < -0.4 is 5.32 Å². The number of fused-ring (bicyclic) bond motifs is 1. The molecular formula is C13H27N3O. The van der Waals surface area contributed by atoms with E-state index in [1.165, 1.54) is 45.6 Å². The van der Waals surface area contributed by atoms with E-state index in [4.69, 9.17) is 4.74 Å². The highest BCUT2D eigenvalue weighted by Gasteiger charge is 2.29. The van der Waals surface area contributed by atoms with Crippen molar-refractivity contribution in [2.75, 3.05) is 59.5 Å². The highest BCUT2D eigenvalue weighted by Crippen LogP contribution is 2.20. The zero-order chi connectivity index (χ0) is 11.9. The molecule has 0 saturated carbocycles. The Kier molecular flexibility index (Phi) is 5.71. The summed E-state index contributed by atoms with van der Waals surface area (Å²) in [5.74, 6) is 0. The molecule has 1 unspecified atom stereocenters. The summed E-state index contributed by atoms with van der Waals surface area (Å²) in [6.45, 7) is 9.46. The van der Waals surface area contributed by atoms with Crippen molar-refractivity contribution >= 4 is 0 Å². The van der Waals surface area contributed by atoms with Gasteiger partial charge in [-0.05, 0) is 32.4 Å². The minimum Gasteiger partial charge on any atom is -0.385 e. The first kappa shape index (κ1) is 13.3. The van der Waals surface area contributed by atoms with Gasteiger partial charge < -0.3 is 10.1 Å². The van der Waals surface area contributed by atoms with Gasteiger partial charge in [0.25, 0.3) is 0 Å². The van der Waals surface area contributed by atoms with Crippen molar-refractivity contribution in [2.45, 2.75) is 25.3 Å².